The Hall–Kier alpha value is -1.09. The smallest absolute Gasteiger partial charge is 0.0501 e. The van der Waals surface area contributed by atoms with Gasteiger partial charge in [-0.15, -0.1) is 0 Å². The number of nitrogen functional groups attached to an aromatic ring is 1. The Bertz CT molecular complexity index is 277. The van der Waals surface area contributed by atoms with E-state index < -0.39 is 0 Å². The number of aromatic nitrogens is 1. The Morgan fingerprint density at radius 1 is 1.43 bits per heavy atom. The van der Waals surface area contributed by atoms with Gasteiger partial charge in [0.1, 0.15) is 0 Å². The summed E-state index contributed by atoms with van der Waals surface area (Å²) < 4.78 is 0. The molecule has 76 valence electrons. The SMILES string of the molecule is Nc1ccc(CCNC2CCC2)nc1. The van der Waals surface area contributed by atoms with Gasteiger partial charge in [0.2, 0.25) is 0 Å². The number of nitrogens with two attached hydrogens (primary N) is 1. The molecule has 0 radical (unpaired) electrons. The van der Waals surface area contributed by atoms with Crippen molar-refractivity contribution in [3.8, 4) is 0 Å². The van der Waals surface area contributed by atoms with Crippen molar-refractivity contribution in [3.63, 3.8) is 0 Å². The van der Waals surface area contributed by atoms with E-state index in [-0.39, 0.29) is 0 Å². The lowest BCUT2D eigenvalue weighted by Gasteiger charge is -2.26. The Balaban J connectivity index is 1.71. The summed E-state index contributed by atoms with van der Waals surface area (Å²) in [5.41, 5.74) is 7.41. The van der Waals surface area contributed by atoms with E-state index in [1.165, 1.54) is 19.3 Å². The molecule has 0 atom stereocenters. The molecule has 1 aliphatic carbocycles. The number of hydrogen-bond acceptors (Lipinski definition) is 3. The Morgan fingerprint density at radius 3 is 2.86 bits per heavy atom. The molecule has 0 spiro atoms. The number of hydrogen-bond donors (Lipinski definition) is 2. The van der Waals surface area contributed by atoms with Crippen molar-refractivity contribution < 1.29 is 0 Å². The van der Waals surface area contributed by atoms with Crippen LogP contribution < -0.4 is 11.1 Å². The van der Waals surface area contributed by atoms with Crippen LogP contribution in [0.3, 0.4) is 0 Å². The largest absolute Gasteiger partial charge is 0.397 e. The minimum absolute atomic E-state index is 0.737. The van der Waals surface area contributed by atoms with Crippen LogP contribution in [0.15, 0.2) is 18.3 Å². The van der Waals surface area contributed by atoms with Crippen molar-refractivity contribution in [1.29, 1.82) is 0 Å². The fourth-order valence-corrected chi connectivity index (χ4v) is 1.60. The van der Waals surface area contributed by atoms with Crippen LogP contribution in [0.4, 0.5) is 5.69 Å². The van der Waals surface area contributed by atoms with Crippen molar-refractivity contribution >= 4 is 5.69 Å². The summed E-state index contributed by atoms with van der Waals surface area (Å²) in [6, 6.07) is 4.67. The van der Waals surface area contributed by atoms with Crippen molar-refractivity contribution in [3.05, 3.63) is 24.0 Å². The molecular formula is C11H17N3. The molecule has 14 heavy (non-hydrogen) atoms. The maximum absolute atomic E-state index is 5.56. The van der Waals surface area contributed by atoms with E-state index in [1.807, 2.05) is 12.1 Å². The molecule has 0 saturated heterocycles. The average Bonchev–Trinajstić information content (AvgIpc) is 2.12. The first-order valence-electron chi connectivity index (χ1n) is 5.28. The summed E-state index contributed by atoms with van der Waals surface area (Å²) >= 11 is 0. The lowest BCUT2D eigenvalue weighted by molar-refractivity contribution is 0.341. The van der Waals surface area contributed by atoms with Gasteiger partial charge in [0, 0.05) is 24.7 Å². The summed E-state index contributed by atoms with van der Waals surface area (Å²) in [5.74, 6) is 0. The fourth-order valence-electron chi connectivity index (χ4n) is 1.60. The van der Waals surface area contributed by atoms with Gasteiger partial charge >= 0.3 is 0 Å². The Morgan fingerprint density at radius 2 is 2.29 bits per heavy atom. The highest BCUT2D eigenvalue weighted by atomic mass is 14.9. The van der Waals surface area contributed by atoms with Crippen LogP contribution in [0.1, 0.15) is 25.0 Å². The first-order valence-corrected chi connectivity index (χ1v) is 5.28. The third-order valence-corrected chi connectivity index (χ3v) is 2.77. The van der Waals surface area contributed by atoms with Gasteiger partial charge in [-0.05, 0) is 25.0 Å². The maximum Gasteiger partial charge on any atom is 0.0501 e. The molecule has 1 saturated carbocycles. The topological polar surface area (TPSA) is 50.9 Å². The minimum Gasteiger partial charge on any atom is -0.397 e. The second-order valence-electron chi connectivity index (χ2n) is 3.91. The van der Waals surface area contributed by atoms with Gasteiger partial charge in [-0.2, -0.15) is 0 Å². The van der Waals surface area contributed by atoms with Crippen LogP contribution in [-0.2, 0) is 6.42 Å². The van der Waals surface area contributed by atoms with E-state index in [0.717, 1.165) is 30.4 Å². The fraction of sp³-hybridized carbons (Fsp3) is 0.545. The van der Waals surface area contributed by atoms with Crippen molar-refractivity contribution in [2.45, 2.75) is 31.7 Å². The van der Waals surface area contributed by atoms with Crippen molar-refractivity contribution in [2.24, 2.45) is 0 Å². The van der Waals surface area contributed by atoms with E-state index in [2.05, 4.69) is 10.3 Å². The monoisotopic (exact) mass is 191 g/mol. The summed E-state index contributed by atoms with van der Waals surface area (Å²) in [5, 5.41) is 3.51. The highest BCUT2D eigenvalue weighted by molar-refractivity contribution is 5.34. The number of rotatable bonds is 4. The number of nitrogens with zero attached hydrogens (tertiary/aromatic N) is 1. The zero-order valence-electron chi connectivity index (χ0n) is 8.37. The molecule has 3 heteroatoms. The zero-order chi connectivity index (χ0) is 9.80. The molecular weight excluding hydrogens is 174 g/mol. The normalized spacial score (nSPS) is 16.6. The van der Waals surface area contributed by atoms with E-state index >= 15 is 0 Å². The van der Waals surface area contributed by atoms with E-state index in [1.54, 1.807) is 6.20 Å². The average molecular weight is 191 g/mol. The first-order chi connectivity index (χ1) is 6.84. The predicted molar refractivity (Wildman–Crippen MR) is 58.0 cm³/mol. The minimum atomic E-state index is 0.737. The van der Waals surface area contributed by atoms with Gasteiger partial charge in [-0.3, -0.25) is 4.98 Å². The molecule has 1 fully saturated rings. The highest BCUT2D eigenvalue weighted by Crippen LogP contribution is 2.17. The summed E-state index contributed by atoms with van der Waals surface area (Å²) in [7, 11) is 0. The molecule has 3 N–H and O–H groups in total. The summed E-state index contributed by atoms with van der Waals surface area (Å²) in [6.45, 7) is 1.03. The standard InChI is InChI=1S/C11H17N3/c12-9-4-5-11(14-8-9)6-7-13-10-2-1-3-10/h4-5,8,10,13H,1-3,6-7,12H2. The lowest BCUT2D eigenvalue weighted by Crippen LogP contribution is -2.36. The third kappa shape index (κ3) is 2.45. The molecule has 0 aromatic carbocycles. The summed E-state index contributed by atoms with van der Waals surface area (Å²) in [6.07, 6.45) is 6.79. The second-order valence-corrected chi connectivity index (χ2v) is 3.91. The molecule has 0 unspecified atom stereocenters. The first kappa shape index (κ1) is 9.46. The quantitative estimate of drug-likeness (QED) is 0.755. The number of anilines is 1. The van der Waals surface area contributed by atoms with E-state index in [0.29, 0.717) is 0 Å². The van der Waals surface area contributed by atoms with Gasteiger partial charge in [0.25, 0.3) is 0 Å². The molecule has 1 aliphatic rings. The number of nitrogens with one attached hydrogen (secondary N) is 1. The van der Waals surface area contributed by atoms with Crippen LogP contribution in [0.5, 0.6) is 0 Å². The van der Waals surface area contributed by atoms with Gasteiger partial charge in [0.05, 0.1) is 11.9 Å². The Labute approximate surface area is 84.7 Å². The molecule has 1 heterocycles. The molecule has 2 rings (SSSR count). The lowest BCUT2D eigenvalue weighted by atomic mass is 9.93. The van der Waals surface area contributed by atoms with Crippen LogP contribution in [0, 0.1) is 0 Å². The van der Waals surface area contributed by atoms with Crippen LogP contribution in [0.25, 0.3) is 0 Å². The summed E-state index contributed by atoms with van der Waals surface area (Å²) in [4.78, 5) is 4.25. The van der Waals surface area contributed by atoms with Gasteiger partial charge < -0.3 is 11.1 Å². The van der Waals surface area contributed by atoms with Crippen molar-refractivity contribution in [1.82, 2.24) is 10.3 Å². The zero-order valence-corrected chi connectivity index (χ0v) is 8.37. The second kappa shape index (κ2) is 4.42. The van der Waals surface area contributed by atoms with Gasteiger partial charge in [-0.25, -0.2) is 0 Å². The molecule has 1 aromatic rings. The molecule has 0 bridgehead atoms. The van der Waals surface area contributed by atoms with Crippen LogP contribution in [-0.4, -0.2) is 17.6 Å². The van der Waals surface area contributed by atoms with Crippen LogP contribution in [0.2, 0.25) is 0 Å². The molecule has 0 amide bonds. The van der Waals surface area contributed by atoms with E-state index in [4.69, 9.17) is 5.73 Å². The van der Waals surface area contributed by atoms with Crippen molar-refractivity contribution in [2.75, 3.05) is 12.3 Å². The third-order valence-electron chi connectivity index (χ3n) is 2.77. The highest BCUT2D eigenvalue weighted by Gasteiger charge is 2.15. The van der Waals surface area contributed by atoms with Gasteiger partial charge in [0.15, 0.2) is 0 Å². The molecule has 0 aliphatic heterocycles. The van der Waals surface area contributed by atoms with E-state index in [9.17, 15) is 0 Å². The Kier molecular flexibility index (Phi) is 2.99. The predicted octanol–water partition coefficient (Wildman–Crippen LogP) is 1.35. The van der Waals surface area contributed by atoms with Crippen LogP contribution >= 0.6 is 0 Å². The van der Waals surface area contributed by atoms with Gasteiger partial charge in [-0.1, -0.05) is 6.42 Å². The molecule has 3 nitrogen and oxygen atoms in total. The molecule has 1 aromatic heterocycles. The number of pyridine rings is 1. The maximum atomic E-state index is 5.56.